The van der Waals surface area contributed by atoms with Crippen molar-refractivity contribution < 1.29 is 14.3 Å². The summed E-state index contributed by atoms with van der Waals surface area (Å²) in [6.07, 6.45) is 2.92. The molecule has 0 aliphatic carbocycles. The quantitative estimate of drug-likeness (QED) is 0.670. The Morgan fingerprint density at radius 3 is 2.48 bits per heavy atom. The van der Waals surface area contributed by atoms with Gasteiger partial charge in [0.2, 0.25) is 0 Å². The van der Waals surface area contributed by atoms with Gasteiger partial charge in [-0.3, -0.25) is 4.79 Å². The molecule has 1 heterocycles. The number of hydrogen-bond acceptors (Lipinski definition) is 6. The normalized spacial score (nSPS) is 10.1. The number of nitrogens with zero attached hydrogens (tertiary/aromatic N) is 2. The molecular formula is C20H20N4O3. The molecule has 3 aromatic rings. The highest BCUT2D eigenvalue weighted by Crippen LogP contribution is 2.30. The minimum absolute atomic E-state index is 0.245. The molecule has 1 amide bonds. The molecule has 7 nitrogen and oxygen atoms in total. The maximum Gasteiger partial charge on any atom is 0.271 e. The van der Waals surface area contributed by atoms with Crippen LogP contribution in [0.15, 0.2) is 60.9 Å². The standard InChI is InChI=1S/C20H20N4O3/c1-26-15-8-9-18(27-2)16(10-15)24-19-13-21-17(12-22-19)20(25)23-11-14-6-4-3-5-7-14/h3-10,12-13H,11H2,1-2H3,(H,22,24)(H,23,25). The predicted molar refractivity (Wildman–Crippen MR) is 102 cm³/mol. The molecule has 7 heteroatoms. The van der Waals surface area contributed by atoms with Gasteiger partial charge in [-0.1, -0.05) is 30.3 Å². The second kappa shape index (κ2) is 8.66. The average Bonchev–Trinajstić information content (AvgIpc) is 2.73. The summed E-state index contributed by atoms with van der Waals surface area (Å²) in [6.45, 7) is 0.433. The lowest BCUT2D eigenvalue weighted by Crippen LogP contribution is -2.24. The lowest BCUT2D eigenvalue weighted by Gasteiger charge is -2.12. The fourth-order valence-corrected chi connectivity index (χ4v) is 2.43. The van der Waals surface area contributed by atoms with Gasteiger partial charge in [-0.2, -0.15) is 0 Å². The molecule has 2 N–H and O–H groups in total. The van der Waals surface area contributed by atoms with Crippen molar-refractivity contribution in [3.63, 3.8) is 0 Å². The van der Waals surface area contributed by atoms with E-state index in [1.165, 1.54) is 12.4 Å². The Morgan fingerprint density at radius 1 is 1.00 bits per heavy atom. The van der Waals surface area contributed by atoms with Crippen molar-refractivity contribution in [2.24, 2.45) is 0 Å². The maximum absolute atomic E-state index is 12.2. The summed E-state index contributed by atoms with van der Waals surface area (Å²) in [5.74, 6) is 1.53. The molecule has 0 spiro atoms. The first-order chi connectivity index (χ1) is 13.2. The first kappa shape index (κ1) is 18.2. The van der Waals surface area contributed by atoms with Crippen molar-refractivity contribution >= 4 is 17.4 Å². The molecule has 0 atom stereocenters. The van der Waals surface area contributed by atoms with Gasteiger partial charge in [-0.05, 0) is 17.7 Å². The average molecular weight is 364 g/mol. The molecule has 0 saturated heterocycles. The van der Waals surface area contributed by atoms with Crippen molar-refractivity contribution in [1.29, 1.82) is 0 Å². The van der Waals surface area contributed by atoms with Crippen molar-refractivity contribution in [3.8, 4) is 11.5 Å². The van der Waals surface area contributed by atoms with Crippen LogP contribution in [0.4, 0.5) is 11.5 Å². The number of amides is 1. The topological polar surface area (TPSA) is 85.4 Å². The van der Waals surface area contributed by atoms with Gasteiger partial charge in [0, 0.05) is 12.6 Å². The molecule has 138 valence electrons. The number of aromatic nitrogens is 2. The second-order valence-electron chi connectivity index (χ2n) is 5.65. The number of rotatable bonds is 7. The molecule has 0 aliphatic rings. The zero-order valence-corrected chi connectivity index (χ0v) is 15.1. The van der Waals surface area contributed by atoms with Crippen molar-refractivity contribution in [3.05, 3.63) is 72.2 Å². The number of ether oxygens (including phenoxy) is 2. The van der Waals surface area contributed by atoms with Gasteiger partial charge in [-0.15, -0.1) is 0 Å². The molecular weight excluding hydrogens is 344 g/mol. The lowest BCUT2D eigenvalue weighted by molar-refractivity contribution is 0.0945. The van der Waals surface area contributed by atoms with E-state index in [1.54, 1.807) is 32.4 Å². The smallest absolute Gasteiger partial charge is 0.271 e. The van der Waals surface area contributed by atoms with E-state index in [4.69, 9.17) is 9.47 Å². The van der Waals surface area contributed by atoms with Gasteiger partial charge < -0.3 is 20.1 Å². The molecule has 2 aromatic carbocycles. The van der Waals surface area contributed by atoms with E-state index in [-0.39, 0.29) is 11.6 Å². The van der Waals surface area contributed by atoms with E-state index in [0.717, 1.165) is 5.56 Å². The molecule has 1 aromatic heterocycles. The minimum Gasteiger partial charge on any atom is -0.497 e. The molecule has 0 saturated carbocycles. The van der Waals surface area contributed by atoms with Crippen LogP contribution >= 0.6 is 0 Å². The fraction of sp³-hybridized carbons (Fsp3) is 0.150. The summed E-state index contributed by atoms with van der Waals surface area (Å²) in [5.41, 5.74) is 1.95. The SMILES string of the molecule is COc1ccc(OC)c(Nc2cnc(C(=O)NCc3ccccc3)cn2)c1. The van der Waals surface area contributed by atoms with E-state index < -0.39 is 0 Å². The molecule has 0 aliphatic heterocycles. The van der Waals surface area contributed by atoms with Crippen LogP contribution in [-0.2, 0) is 6.54 Å². The first-order valence-corrected chi connectivity index (χ1v) is 8.33. The number of carbonyl (C=O) groups is 1. The van der Waals surface area contributed by atoms with E-state index in [9.17, 15) is 4.79 Å². The van der Waals surface area contributed by atoms with Crippen LogP contribution in [0.3, 0.4) is 0 Å². The van der Waals surface area contributed by atoms with Crippen LogP contribution in [0.2, 0.25) is 0 Å². The van der Waals surface area contributed by atoms with Gasteiger partial charge in [0.25, 0.3) is 5.91 Å². The van der Waals surface area contributed by atoms with E-state index in [1.807, 2.05) is 30.3 Å². The van der Waals surface area contributed by atoms with Gasteiger partial charge >= 0.3 is 0 Å². The maximum atomic E-state index is 12.2. The fourth-order valence-electron chi connectivity index (χ4n) is 2.43. The van der Waals surface area contributed by atoms with Gasteiger partial charge in [0.1, 0.15) is 23.0 Å². The molecule has 27 heavy (non-hydrogen) atoms. The Kier molecular flexibility index (Phi) is 5.84. The summed E-state index contributed by atoms with van der Waals surface area (Å²) in [7, 11) is 3.17. The molecule has 0 radical (unpaired) electrons. The zero-order chi connectivity index (χ0) is 19.1. The van der Waals surface area contributed by atoms with Gasteiger partial charge in [0.15, 0.2) is 0 Å². The molecule has 0 unspecified atom stereocenters. The predicted octanol–water partition coefficient (Wildman–Crippen LogP) is 3.17. The van der Waals surface area contributed by atoms with E-state index in [0.29, 0.717) is 29.5 Å². The third kappa shape index (κ3) is 4.72. The van der Waals surface area contributed by atoms with Crippen LogP contribution < -0.4 is 20.1 Å². The van der Waals surface area contributed by atoms with Crippen LogP contribution in [-0.4, -0.2) is 30.1 Å². The van der Waals surface area contributed by atoms with Crippen LogP contribution in [0.25, 0.3) is 0 Å². The Labute approximate surface area is 157 Å². The third-order valence-electron chi connectivity index (χ3n) is 3.85. The summed E-state index contributed by atoms with van der Waals surface area (Å²) in [4.78, 5) is 20.6. The monoisotopic (exact) mass is 364 g/mol. The number of carbonyl (C=O) groups excluding carboxylic acids is 1. The Hall–Kier alpha value is -3.61. The summed E-state index contributed by atoms with van der Waals surface area (Å²) < 4.78 is 10.5. The van der Waals surface area contributed by atoms with E-state index in [2.05, 4.69) is 20.6 Å². The van der Waals surface area contributed by atoms with Crippen LogP contribution in [0.1, 0.15) is 16.1 Å². The van der Waals surface area contributed by atoms with Gasteiger partial charge in [-0.25, -0.2) is 9.97 Å². The number of methoxy groups -OCH3 is 2. The van der Waals surface area contributed by atoms with Crippen LogP contribution in [0.5, 0.6) is 11.5 Å². The summed E-state index contributed by atoms with van der Waals surface area (Å²) in [6, 6.07) is 15.1. The van der Waals surface area contributed by atoms with E-state index >= 15 is 0 Å². The third-order valence-corrected chi connectivity index (χ3v) is 3.85. The zero-order valence-electron chi connectivity index (χ0n) is 15.1. The molecule has 3 rings (SSSR count). The van der Waals surface area contributed by atoms with Crippen molar-refractivity contribution in [2.75, 3.05) is 19.5 Å². The minimum atomic E-state index is -0.281. The van der Waals surface area contributed by atoms with Crippen molar-refractivity contribution in [1.82, 2.24) is 15.3 Å². The number of hydrogen-bond donors (Lipinski definition) is 2. The number of nitrogens with one attached hydrogen (secondary N) is 2. The highest BCUT2D eigenvalue weighted by molar-refractivity contribution is 5.92. The van der Waals surface area contributed by atoms with Gasteiger partial charge in [0.05, 0.1) is 32.3 Å². The Morgan fingerprint density at radius 2 is 1.81 bits per heavy atom. The lowest BCUT2D eigenvalue weighted by atomic mass is 10.2. The number of anilines is 2. The van der Waals surface area contributed by atoms with Crippen LogP contribution in [0, 0.1) is 0 Å². The van der Waals surface area contributed by atoms with Crippen molar-refractivity contribution in [2.45, 2.75) is 6.54 Å². The summed E-state index contributed by atoms with van der Waals surface area (Å²) >= 11 is 0. The molecule has 0 bridgehead atoms. The highest BCUT2D eigenvalue weighted by atomic mass is 16.5. The Bertz CT molecular complexity index is 899. The molecule has 0 fully saturated rings. The largest absolute Gasteiger partial charge is 0.497 e. The second-order valence-corrected chi connectivity index (χ2v) is 5.65. The Balaban J connectivity index is 1.66. The first-order valence-electron chi connectivity index (χ1n) is 8.33. The number of benzene rings is 2. The summed E-state index contributed by atoms with van der Waals surface area (Å²) in [5, 5.41) is 5.93. The highest BCUT2D eigenvalue weighted by Gasteiger charge is 2.10.